The molecule has 1 atom stereocenters. The van der Waals surface area contributed by atoms with Gasteiger partial charge in [0.25, 0.3) is 0 Å². The highest BCUT2D eigenvalue weighted by atomic mass is 35.5. The summed E-state index contributed by atoms with van der Waals surface area (Å²) in [4.78, 5) is 14.8. The van der Waals surface area contributed by atoms with Crippen molar-refractivity contribution in [2.24, 2.45) is 7.05 Å². The van der Waals surface area contributed by atoms with Crippen LogP contribution in [0, 0.1) is 0 Å². The van der Waals surface area contributed by atoms with Gasteiger partial charge in [-0.25, -0.2) is 9.50 Å². The van der Waals surface area contributed by atoms with Gasteiger partial charge in [0.05, 0.1) is 24.2 Å². The number of nitrogens with one attached hydrogen (secondary N) is 1. The molecule has 1 saturated heterocycles. The van der Waals surface area contributed by atoms with E-state index in [1.54, 1.807) is 53.1 Å². The molecule has 0 spiro atoms. The van der Waals surface area contributed by atoms with Gasteiger partial charge in [-0.2, -0.15) is 23.3 Å². The fourth-order valence-corrected chi connectivity index (χ4v) is 5.21. The van der Waals surface area contributed by atoms with Gasteiger partial charge >= 0.3 is 6.18 Å². The van der Waals surface area contributed by atoms with Crippen LogP contribution in [0.15, 0.2) is 49.2 Å². The topological polar surface area (TPSA) is 85.4 Å². The second-order valence-corrected chi connectivity index (χ2v) is 9.56. The fourth-order valence-electron chi connectivity index (χ4n) is 4.91. The Hall–Kier alpha value is -3.90. The van der Waals surface area contributed by atoms with E-state index in [1.807, 2.05) is 11.9 Å². The molecule has 1 fully saturated rings. The summed E-state index contributed by atoms with van der Waals surface area (Å²) >= 11 is 6.67. The van der Waals surface area contributed by atoms with Crippen LogP contribution < -0.4 is 10.1 Å². The maximum atomic E-state index is 14.0. The maximum Gasteiger partial charge on any atom is 0.416 e. The Bertz CT molecular complexity index is 1660. The molecule has 0 bridgehead atoms. The molecule has 1 N–H and O–H groups in total. The highest BCUT2D eigenvalue weighted by Crippen LogP contribution is 2.42. The second kappa shape index (κ2) is 9.14. The summed E-state index contributed by atoms with van der Waals surface area (Å²) in [6.07, 6.45) is 4.95. The van der Waals surface area contributed by atoms with Crippen LogP contribution in [0.3, 0.4) is 0 Å². The van der Waals surface area contributed by atoms with Crippen LogP contribution in [-0.4, -0.2) is 47.6 Å². The lowest BCUT2D eigenvalue weighted by molar-refractivity contribution is -0.138. The molecule has 196 valence electrons. The third-order valence-corrected chi connectivity index (χ3v) is 7.17. The van der Waals surface area contributed by atoms with Crippen LogP contribution in [0.1, 0.15) is 30.0 Å². The number of nitrogens with zero attached hydrogens (tertiary/aromatic N) is 7. The zero-order valence-electron chi connectivity index (χ0n) is 20.4. The minimum atomic E-state index is -4.49. The van der Waals surface area contributed by atoms with Gasteiger partial charge in [0, 0.05) is 31.2 Å². The number of benzene rings is 1. The Morgan fingerprint density at radius 1 is 1.13 bits per heavy atom. The number of likely N-dealkylation sites (tertiary alicyclic amines) is 1. The number of halogens is 4. The molecule has 0 amide bonds. The van der Waals surface area contributed by atoms with Crippen molar-refractivity contribution < 1.29 is 17.9 Å². The first-order valence-corrected chi connectivity index (χ1v) is 12.2. The second-order valence-electron chi connectivity index (χ2n) is 9.18. The average Bonchev–Trinajstić information content (AvgIpc) is 3.58. The number of aromatic nitrogens is 6. The number of hydrogen-bond acceptors (Lipinski definition) is 7. The van der Waals surface area contributed by atoms with Crippen LogP contribution in [0.5, 0.6) is 11.5 Å². The van der Waals surface area contributed by atoms with Crippen molar-refractivity contribution >= 4 is 39.9 Å². The van der Waals surface area contributed by atoms with Crippen LogP contribution >= 0.6 is 11.6 Å². The van der Waals surface area contributed by atoms with Gasteiger partial charge in [-0.1, -0.05) is 17.7 Å². The standard InChI is InChI=1S/C25H22ClF3N8O/c1-35-8-3-4-17(35)15-6-5-14(10-16(15)25(27,28)29)33-24-34-23-22(36(24)2)21(26)20(12-31-23)38-19-13-32-37-9-7-30-11-18(19)37/h5-7,9-13,17H,3-4,8H2,1-2H3,(H,31,33,34). The Morgan fingerprint density at radius 2 is 1.97 bits per heavy atom. The molecular formula is C25H22ClF3N8O. The zero-order chi connectivity index (χ0) is 26.6. The Balaban J connectivity index is 1.33. The van der Waals surface area contributed by atoms with Crippen molar-refractivity contribution in [2.45, 2.75) is 25.1 Å². The molecule has 1 aliphatic heterocycles. The van der Waals surface area contributed by atoms with Crippen molar-refractivity contribution in [1.29, 1.82) is 0 Å². The molecule has 1 unspecified atom stereocenters. The number of ether oxygens (including phenoxy) is 1. The van der Waals surface area contributed by atoms with E-state index in [0.717, 1.165) is 19.0 Å². The third kappa shape index (κ3) is 4.19. The zero-order valence-corrected chi connectivity index (χ0v) is 21.1. The van der Waals surface area contributed by atoms with E-state index in [0.29, 0.717) is 28.9 Å². The van der Waals surface area contributed by atoms with Crippen LogP contribution in [-0.2, 0) is 13.2 Å². The molecule has 4 aromatic heterocycles. The van der Waals surface area contributed by atoms with Gasteiger partial charge in [-0.05, 0) is 44.1 Å². The normalized spacial score (nSPS) is 16.5. The van der Waals surface area contributed by atoms with E-state index in [9.17, 15) is 13.2 Å². The van der Waals surface area contributed by atoms with Crippen molar-refractivity contribution in [3.8, 4) is 11.5 Å². The molecule has 1 aliphatic rings. The van der Waals surface area contributed by atoms with E-state index in [4.69, 9.17) is 16.3 Å². The smallest absolute Gasteiger partial charge is 0.416 e. The van der Waals surface area contributed by atoms with Crippen LogP contribution in [0.25, 0.3) is 16.7 Å². The van der Waals surface area contributed by atoms with Crippen LogP contribution in [0.4, 0.5) is 24.8 Å². The predicted octanol–water partition coefficient (Wildman–Crippen LogP) is 5.99. The minimum absolute atomic E-state index is 0.247. The van der Waals surface area contributed by atoms with Gasteiger partial charge in [0.2, 0.25) is 5.95 Å². The molecule has 0 radical (unpaired) electrons. The van der Waals surface area contributed by atoms with Crippen LogP contribution in [0.2, 0.25) is 5.02 Å². The quantitative estimate of drug-likeness (QED) is 0.292. The molecular weight excluding hydrogens is 521 g/mol. The summed E-state index contributed by atoms with van der Waals surface area (Å²) in [5.41, 5.74) is 1.29. The maximum absolute atomic E-state index is 14.0. The molecule has 0 saturated carbocycles. The molecule has 0 aliphatic carbocycles. The SMILES string of the molecule is CN1CCCC1c1ccc(Nc2nc3ncc(Oc4cnn5ccncc45)c(Cl)c3n2C)cc1C(F)(F)F. The molecule has 6 rings (SSSR count). The minimum Gasteiger partial charge on any atom is -0.450 e. The highest BCUT2D eigenvalue weighted by Gasteiger charge is 2.37. The fraction of sp³-hybridized carbons (Fsp3) is 0.280. The van der Waals surface area contributed by atoms with Crippen molar-refractivity contribution in [3.05, 3.63) is 65.3 Å². The van der Waals surface area contributed by atoms with Gasteiger partial charge in [0.15, 0.2) is 17.1 Å². The largest absolute Gasteiger partial charge is 0.450 e. The highest BCUT2D eigenvalue weighted by molar-refractivity contribution is 6.36. The third-order valence-electron chi connectivity index (χ3n) is 6.81. The molecule has 5 aromatic rings. The summed E-state index contributed by atoms with van der Waals surface area (Å²) in [7, 11) is 3.55. The number of fused-ring (bicyclic) bond motifs is 2. The number of anilines is 2. The Labute approximate surface area is 219 Å². The van der Waals surface area contributed by atoms with E-state index in [2.05, 4.69) is 25.4 Å². The van der Waals surface area contributed by atoms with Gasteiger partial charge in [-0.3, -0.25) is 9.88 Å². The molecule has 38 heavy (non-hydrogen) atoms. The Morgan fingerprint density at radius 3 is 2.74 bits per heavy atom. The summed E-state index contributed by atoms with van der Waals surface area (Å²) < 4.78 is 51.3. The first-order chi connectivity index (χ1) is 18.2. The van der Waals surface area contributed by atoms with E-state index in [-0.39, 0.29) is 34.0 Å². The predicted molar refractivity (Wildman–Crippen MR) is 136 cm³/mol. The molecule has 5 heterocycles. The average molecular weight is 543 g/mol. The number of hydrogen-bond donors (Lipinski definition) is 1. The summed E-state index contributed by atoms with van der Waals surface area (Å²) in [6, 6.07) is 4.05. The number of alkyl halides is 3. The monoisotopic (exact) mass is 542 g/mol. The summed E-state index contributed by atoms with van der Waals surface area (Å²) in [6.45, 7) is 0.773. The van der Waals surface area contributed by atoms with Crippen molar-refractivity contribution in [2.75, 3.05) is 18.9 Å². The van der Waals surface area contributed by atoms with Gasteiger partial charge < -0.3 is 14.6 Å². The Kier molecular flexibility index (Phi) is 5.88. The number of rotatable bonds is 5. The lowest BCUT2D eigenvalue weighted by Gasteiger charge is -2.24. The van der Waals surface area contributed by atoms with E-state index in [1.165, 1.54) is 6.20 Å². The van der Waals surface area contributed by atoms with E-state index < -0.39 is 11.7 Å². The molecule has 13 heteroatoms. The lowest BCUT2D eigenvalue weighted by Crippen LogP contribution is -2.21. The first kappa shape index (κ1) is 24.4. The van der Waals surface area contributed by atoms with Gasteiger partial charge in [-0.15, -0.1) is 0 Å². The van der Waals surface area contributed by atoms with E-state index >= 15 is 0 Å². The molecule has 9 nitrogen and oxygen atoms in total. The van der Waals surface area contributed by atoms with Gasteiger partial charge in [0.1, 0.15) is 16.1 Å². The summed E-state index contributed by atoms with van der Waals surface area (Å²) in [5, 5.41) is 7.46. The lowest BCUT2D eigenvalue weighted by atomic mass is 9.97. The number of imidazole rings is 1. The van der Waals surface area contributed by atoms with Crippen molar-refractivity contribution in [3.63, 3.8) is 0 Å². The molecule has 1 aromatic carbocycles. The van der Waals surface area contributed by atoms with Crippen molar-refractivity contribution in [1.82, 2.24) is 34.0 Å². The first-order valence-electron chi connectivity index (χ1n) is 11.8. The number of aryl methyl sites for hydroxylation is 1. The number of pyridine rings is 1. The summed E-state index contributed by atoms with van der Waals surface area (Å²) in [5.74, 6) is 0.997.